The Labute approximate surface area is 129 Å². The predicted octanol–water partition coefficient (Wildman–Crippen LogP) is 4.19. The van der Waals surface area contributed by atoms with Gasteiger partial charge in [-0.3, -0.25) is 0 Å². The van der Waals surface area contributed by atoms with Crippen molar-refractivity contribution in [3.8, 4) is 11.5 Å². The fraction of sp³-hybridized carbons (Fsp3) is 0.625. The maximum Gasteiger partial charge on any atom is 0.162 e. The Morgan fingerprint density at radius 2 is 1.65 bits per heavy atom. The molecule has 1 saturated carbocycles. The van der Waals surface area contributed by atoms with Crippen LogP contribution in [0.3, 0.4) is 0 Å². The van der Waals surface area contributed by atoms with Crippen molar-refractivity contribution in [3.63, 3.8) is 0 Å². The van der Waals surface area contributed by atoms with Crippen molar-refractivity contribution >= 4 is 15.9 Å². The molecule has 0 radical (unpaired) electrons. The second-order valence-corrected chi connectivity index (χ2v) is 6.65. The van der Waals surface area contributed by atoms with Gasteiger partial charge in [0.15, 0.2) is 11.5 Å². The van der Waals surface area contributed by atoms with E-state index in [1.807, 2.05) is 6.07 Å². The lowest BCUT2D eigenvalue weighted by Crippen LogP contribution is -2.24. The molecule has 1 unspecified atom stereocenters. The van der Waals surface area contributed by atoms with Crippen molar-refractivity contribution in [3.05, 3.63) is 22.2 Å². The molecule has 2 N–H and O–H groups in total. The number of nitrogens with two attached hydrogens (primary N) is 1. The van der Waals surface area contributed by atoms with Crippen LogP contribution in [-0.2, 0) is 0 Å². The Kier molecular flexibility index (Phi) is 4.51. The van der Waals surface area contributed by atoms with Crippen molar-refractivity contribution in [1.29, 1.82) is 0 Å². The summed E-state index contributed by atoms with van der Waals surface area (Å²) >= 11 is 3.65. The summed E-state index contributed by atoms with van der Waals surface area (Å²) in [6, 6.07) is 4.17. The summed E-state index contributed by atoms with van der Waals surface area (Å²) in [5.41, 5.74) is 7.67. The van der Waals surface area contributed by atoms with Gasteiger partial charge in [0.05, 0.1) is 13.2 Å². The van der Waals surface area contributed by atoms with Gasteiger partial charge in [-0.05, 0) is 36.5 Å². The molecule has 1 fully saturated rings. The molecule has 20 heavy (non-hydrogen) atoms. The van der Waals surface area contributed by atoms with E-state index in [2.05, 4.69) is 22.0 Å². The predicted molar refractivity (Wildman–Crippen MR) is 83.3 cm³/mol. The Balaban J connectivity index is 1.86. The molecule has 0 saturated heterocycles. The van der Waals surface area contributed by atoms with Crippen LogP contribution in [0.1, 0.15) is 50.1 Å². The van der Waals surface area contributed by atoms with Gasteiger partial charge in [-0.15, -0.1) is 0 Å². The molecule has 0 amide bonds. The van der Waals surface area contributed by atoms with Gasteiger partial charge in [-0.25, -0.2) is 0 Å². The van der Waals surface area contributed by atoms with Crippen LogP contribution in [0.4, 0.5) is 0 Å². The Morgan fingerprint density at radius 3 is 2.35 bits per heavy atom. The van der Waals surface area contributed by atoms with E-state index < -0.39 is 0 Å². The molecule has 1 heterocycles. The van der Waals surface area contributed by atoms with E-state index >= 15 is 0 Å². The van der Waals surface area contributed by atoms with Crippen LogP contribution in [-0.4, -0.2) is 13.2 Å². The Hall–Kier alpha value is -0.740. The lowest BCUT2D eigenvalue weighted by molar-refractivity contribution is 0.296. The second-order valence-electron chi connectivity index (χ2n) is 5.79. The van der Waals surface area contributed by atoms with Crippen LogP contribution < -0.4 is 15.2 Å². The second kappa shape index (κ2) is 6.35. The number of hydrogen-bond acceptors (Lipinski definition) is 3. The number of ether oxygens (including phenoxy) is 2. The van der Waals surface area contributed by atoms with Gasteiger partial charge in [-0.2, -0.15) is 0 Å². The summed E-state index contributed by atoms with van der Waals surface area (Å²) in [5.74, 6) is 2.26. The molecule has 0 aromatic heterocycles. The van der Waals surface area contributed by atoms with Gasteiger partial charge < -0.3 is 15.2 Å². The van der Waals surface area contributed by atoms with Gasteiger partial charge >= 0.3 is 0 Å². The summed E-state index contributed by atoms with van der Waals surface area (Å²) in [6.45, 7) is 1.43. The van der Waals surface area contributed by atoms with Crippen LogP contribution in [0.25, 0.3) is 0 Å². The highest BCUT2D eigenvalue weighted by Gasteiger charge is 2.25. The molecule has 2 aliphatic rings. The third kappa shape index (κ3) is 2.96. The third-order valence-electron chi connectivity index (χ3n) is 4.38. The van der Waals surface area contributed by atoms with Crippen molar-refractivity contribution in [2.45, 2.75) is 44.6 Å². The third-order valence-corrected chi connectivity index (χ3v) is 5.07. The van der Waals surface area contributed by atoms with E-state index in [1.54, 1.807) is 0 Å². The fourth-order valence-electron chi connectivity index (χ4n) is 3.20. The molecular weight excluding hydrogens is 318 g/mol. The molecule has 3 nitrogen and oxygen atoms in total. The molecule has 1 aliphatic carbocycles. The number of fused-ring (bicyclic) bond motifs is 1. The normalized spacial score (nSPS) is 21.3. The molecule has 3 rings (SSSR count). The highest BCUT2D eigenvalue weighted by atomic mass is 79.9. The van der Waals surface area contributed by atoms with Crippen molar-refractivity contribution < 1.29 is 9.47 Å². The summed E-state index contributed by atoms with van der Waals surface area (Å²) in [6.07, 6.45) is 7.37. The minimum absolute atomic E-state index is 0.0850. The lowest BCUT2D eigenvalue weighted by Gasteiger charge is -2.28. The average molecular weight is 340 g/mol. The van der Waals surface area contributed by atoms with Crippen molar-refractivity contribution in [2.75, 3.05) is 13.2 Å². The standard InChI is InChI=1S/C16H22BrNO2/c17-13-10-15-14(19-7-4-8-20-15)9-12(13)16(18)11-5-2-1-3-6-11/h9-11,16H,1-8,18H2. The smallest absolute Gasteiger partial charge is 0.162 e. The zero-order chi connectivity index (χ0) is 13.9. The van der Waals surface area contributed by atoms with Crippen LogP contribution in [0, 0.1) is 5.92 Å². The zero-order valence-electron chi connectivity index (χ0n) is 11.7. The van der Waals surface area contributed by atoms with E-state index in [9.17, 15) is 0 Å². The molecule has 1 aromatic rings. The van der Waals surface area contributed by atoms with Crippen LogP contribution in [0.2, 0.25) is 0 Å². The minimum atomic E-state index is 0.0850. The first-order valence-electron chi connectivity index (χ1n) is 7.60. The van der Waals surface area contributed by atoms with Crippen LogP contribution in [0.5, 0.6) is 11.5 Å². The van der Waals surface area contributed by atoms with E-state index in [4.69, 9.17) is 15.2 Å². The topological polar surface area (TPSA) is 44.5 Å². The maximum absolute atomic E-state index is 6.52. The fourth-order valence-corrected chi connectivity index (χ4v) is 3.79. The molecule has 110 valence electrons. The maximum atomic E-state index is 6.52. The molecule has 4 heteroatoms. The largest absolute Gasteiger partial charge is 0.490 e. The zero-order valence-corrected chi connectivity index (χ0v) is 13.3. The van der Waals surface area contributed by atoms with Gasteiger partial charge in [0.2, 0.25) is 0 Å². The molecular formula is C16H22BrNO2. The van der Waals surface area contributed by atoms with Gasteiger partial charge in [0.25, 0.3) is 0 Å². The Morgan fingerprint density at radius 1 is 1.00 bits per heavy atom. The first-order chi connectivity index (χ1) is 9.75. The van der Waals surface area contributed by atoms with Gasteiger partial charge in [0.1, 0.15) is 0 Å². The van der Waals surface area contributed by atoms with E-state index in [-0.39, 0.29) is 6.04 Å². The quantitative estimate of drug-likeness (QED) is 0.878. The monoisotopic (exact) mass is 339 g/mol. The molecule has 1 aromatic carbocycles. The van der Waals surface area contributed by atoms with Gasteiger partial charge in [-0.1, -0.05) is 35.2 Å². The average Bonchev–Trinajstić information content (AvgIpc) is 2.71. The highest BCUT2D eigenvalue weighted by molar-refractivity contribution is 9.10. The number of benzene rings is 1. The lowest BCUT2D eigenvalue weighted by atomic mass is 9.81. The van der Waals surface area contributed by atoms with Gasteiger partial charge in [0, 0.05) is 16.9 Å². The van der Waals surface area contributed by atoms with Crippen LogP contribution >= 0.6 is 15.9 Å². The van der Waals surface area contributed by atoms with Crippen LogP contribution in [0.15, 0.2) is 16.6 Å². The number of hydrogen-bond donors (Lipinski definition) is 1. The Bertz CT molecular complexity index is 472. The SMILES string of the molecule is NC(c1cc2c(cc1Br)OCCCO2)C1CCCCC1. The molecule has 0 spiro atoms. The summed E-state index contributed by atoms with van der Waals surface area (Å²) in [5, 5.41) is 0. The number of rotatable bonds is 2. The first-order valence-corrected chi connectivity index (χ1v) is 8.39. The number of halogens is 1. The first kappa shape index (κ1) is 14.2. The van der Waals surface area contributed by atoms with E-state index in [0.29, 0.717) is 19.1 Å². The highest BCUT2D eigenvalue weighted by Crippen LogP contribution is 2.41. The summed E-state index contributed by atoms with van der Waals surface area (Å²) in [4.78, 5) is 0. The molecule has 0 bridgehead atoms. The van der Waals surface area contributed by atoms with Crippen molar-refractivity contribution in [1.82, 2.24) is 0 Å². The summed E-state index contributed by atoms with van der Waals surface area (Å²) < 4.78 is 12.5. The minimum Gasteiger partial charge on any atom is -0.490 e. The summed E-state index contributed by atoms with van der Waals surface area (Å²) in [7, 11) is 0. The van der Waals surface area contributed by atoms with E-state index in [0.717, 1.165) is 28.0 Å². The van der Waals surface area contributed by atoms with Crippen molar-refractivity contribution in [2.24, 2.45) is 11.7 Å². The van der Waals surface area contributed by atoms with E-state index in [1.165, 1.54) is 32.1 Å². The molecule has 1 atom stereocenters. The molecule has 1 aliphatic heterocycles.